The van der Waals surface area contributed by atoms with Crippen LogP contribution in [0.15, 0.2) is 42.9 Å². The topological polar surface area (TPSA) is 71.9 Å². The Hall–Kier alpha value is -3.02. The average Bonchev–Trinajstić information content (AvgIpc) is 3.19. The van der Waals surface area contributed by atoms with Crippen LogP contribution in [0.25, 0.3) is 17.0 Å². The molecule has 0 unspecified atom stereocenters. The molecule has 3 aromatic rings. The van der Waals surface area contributed by atoms with Crippen LogP contribution in [0.4, 0.5) is 0 Å². The van der Waals surface area contributed by atoms with Gasteiger partial charge in [-0.05, 0) is 36.3 Å². The van der Waals surface area contributed by atoms with Gasteiger partial charge in [0.25, 0.3) is 0 Å². The summed E-state index contributed by atoms with van der Waals surface area (Å²) in [5.41, 5.74) is 3.12. The van der Waals surface area contributed by atoms with Crippen molar-refractivity contribution in [1.82, 2.24) is 20.1 Å². The summed E-state index contributed by atoms with van der Waals surface area (Å²) >= 11 is 0. The zero-order chi connectivity index (χ0) is 16.9. The van der Waals surface area contributed by atoms with Crippen molar-refractivity contribution in [2.24, 2.45) is 7.05 Å². The van der Waals surface area contributed by atoms with Crippen molar-refractivity contribution in [2.75, 3.05) is 13.7 Å². The van der Waals surface area contributed by atoms with Gasteiger partial charge in [-0.3, -0.25) is 9.48 Å². The Morgan fingerprint density at radius 3 is 3.08 bits per heavy atom. The molecule has 0 aliphatic rings. The molecular weight excluding hydrogens is 304 g/mol. The molecule has 2 N–H and O–H groups in total. The first kappa shape index (κ1) is 15.9. The van der Waals surface area contributed by atoms with Gasteiger partial charge >= 0.3 is 0 Å². The summed E-state index contributed by atoms with van der Waals surface area (Å²) in [6.07, 6.45) is 9.56. The second kappa shape index (κ2) is 7.04. The van der Waals surface area contributed by atoms with E-state index in [-0.39, 0.29) is 5.91 Å². The van der Waals surface area contributed by atoms with Crippen LogP contribution >= 0.6 is 0 Å². The third-order valence-corrected chi connectivity index (χ3v) is 3.82. The molecule has 6 heteroatoms. The number of aromatic amines is 1. The zero-order valence-electron chi connectivity index (χ0n) is 13.7. The number of amides is 1. The fraction of sp³-hybridized carbons (Fsp3) is 0.222. The highest BCUT2D eigenvalue weighted by atomic mass is 16.5. The Bertz CT molecular complexity index is 876. The van der Waals surface area contributed by atoms with E-state index in [4.69, 9.17) is 4.74 Å². The Balaban J connectivity index is 1.56. The van der Waals surface area contributed by atoms with Crippen LogP contribution in [0.2, 0.25) is 0 Å². The Morgan fingerprint density at radius 2 is 2.33 bits per heavy atom. The number of fused-ring (bicyclic) bond motifs is 1. The summed E-state index contributed by atoms with van der Waals surface area (Å²) < 4.78 is 6.96. The number of aromatic nitrogens is 3. The predicted octanol–water partition coefficient (Wildman–Crippen LogP) is 2.28. The molecule has 0 radical (unpaired) electrons. The van der Waals surface area contributed by atoms with E-state index in [0.29, 0.717) is 6.54 Å². The van der Waals surface area contributed by atoms with Crippen molar-refractivity contribution in [3.8, 4) is 5.75 Å². The lowest BCUT2D eigenvalue weighted by Crippen LogP contribution is -2.23. The number of nitrogens with zero attached hydrogens (tertiary/aromatic N) is 2. The van der Waals surface area contributed by atoms with Crippen molar-refractivity contribution < 1.29 is 9.53 Å². The lowest BCUT2D eigenvalue weighted by atomic mass is 10.1. The zero-order valence-corrected chi connectivity index (χ0v) is 13.7. The molecule has 1 aromatic carbocycles. The highest BCUT2D eigenvalue weighted by Crippen LogP contribution is 2.23. The van der Waals surface area contributed by atoms with Gasteiger partial charge < -0.3 is 15.0 Å². The lowest BCUT2D eigenvalue weighted by molar-refractivity contribution is -0.116. The number of carbonyl (C=O) groups is 1. The fourth-order valence-electron chi connectivity index (χ4n) is 2.57. The standard InChI is InChI=1S/C18H20N4O2/c1-22-12-13(10-21-22)3-6-18(23)19-8-7-14-11-20-17-5-4-15(24-2)9-16(14)17/h3-6,9-12,20H,7-8H2,1-2H3,(H,19,23). The number of ether oxygens (including phenoxy) is 1. The molecule has 3 rings (SSSR count). The van der Waals surface area contributed by atoms with Gasteiger partial charge in [0.05, 0.1) is 13.3 Å². The fourth-order valence-corrected chi connectivity index (χ4v) is 2.57. The van der Waals surface area contributed by atoms with Crippen molar-refractivity contribution in [3.05, 3.63) is 54.0 Å². The number of hydrogen-bond acceptors (Lipinski definition) is 3. The number of aryl methyl sites for hydroxylation is 1. The quantitative estimate of drug-likeness (QED) is 0.683. The van der Waals surface area contributed by atoms with Gasteiger partial charge in [-0.2, -0.15) is 5.10 Å². The van der Waals surface area contributed by atoms with Crippen LogP contribution in [0.1, 0.15) is 11.1 Å². The molecule has 0 fully saturated rings. The molecule has 0 aliphatic heterocycles. The summed E-state index contributed by atoms with van der Waals surface area (Å²) in [5, 5.41) is 8.07. The SMILES string of the molecule is COc1ccc2[nH]cc(CCNC(=O)C=Cc3cnn(C)c3)c2c1. The molecule has 0 saturated heterocycles. The summed E-state index contributed by atoms with van der Waals surface area (Å²) in [5.74, 6) is 0.711. The van der Waals surface area contributed by atoms with Gasteiger partial charge in [0, 0.05) is 48.5 Å². The van der Waals surface area contributed by atoms with Crippen molar-refractivity contribution in [3.63, 3.8) is 0 Å². The Kier molecular flexibility index (Phi) is 4.65. The maximum absolute atomic E-state index is 11.9. The molecular formula is C18H20N4O2. The van der Waals surface area contributed by atoms with Crippen LogP contribution in [0.5, 0.6) is 5.75 Å². The van der Waals surface area contributed by atoms with E-state index in [1.807, 2.05) is 37.6 Å². The minimum absolute atomic E-state index is 0.115. The van der Waals surface area contributed by atoms with Crippen LogP contribution in [0, 0.1) is 0 Å². The minimum Gasteiger partial charge on any atom is -0.497 e. The van der Waals surface area contributed by atoms with Crippen LogP contribution < -0.4 is 10.1 Å². The average molecular weight is 324 g/mol. The number of carbonyl (C=O) groups excluding carboxylic acids is 1. The summed E-state index contributed by atoms with van der Waals surface area (Å²) in [7, 11) is 3.50. The largest absolute Gasteiger partial charge is 0.497 e. The Labute approximate surface area is 140 Å². The van der Waals surface area contributed by atoms with Crippen LogP contribution in [-0.2, 0) is 18.3 Å². The number of hydrogen-bond donors (Lipinski definition) is 2. The van der Waals surface area contributed by atoms with E-state index in [0.717, 1.165) is 34.2 Å². The second-order valence-electron chi connectivity index (χ2n) is 5.55. The van der Waals surface area contributed by atoms with Crippen molar-refractivity contribution in [2.45, 2.75) is 6.42 Å². The van der Waals surface area contributed by atoms with E-state index < -0.39 is 0 Å². The first-order valence-corrected chi connectivity index (χ1v) is 7.74. The summed E-state index contributed by atoms with van der Waals surface area (Å²) in [6.45, 7) is 0.570. The van der Waals surface area contributed by atoms with Gasteiger partial charge in [0.2, 0.25) is 5.91 Å². The normalized spacial score (nSPS) is 11.2. The maximum atomic E-state index is 11.9. The number of H-pyrrole nitrogens is 1. The molecule has 24 heavy (non-hydrogen) atoms. The van der Waals surface area contributed by atoms with Crippen LogP contribution in [-0.4, -0.2) is 34.3 Å². The van der Waals surface area contributed by atoms with E-state index >= 15 is 0 Å². The number of rotatable bonds is 6. The molecule has 124 valence electrons. The first-order valence-electron chi connectivity index (χ1n) is 7.74. The molecule has 0 spiro atoms. The monoisotopic (exact) mass is 324 g/mol. The number of nitrogens with one attached hydrogen (secondary N) is 2. The summed E-state index contributed by atoms with van der Waals surface area (Å²) in [4.78, 5) is 15.1. The van der Waals surface area contributed by atoms with Crippen molar-refractivity contribution in [1.29, 1.82) is 0 Å². The van der Waals surface area contributed by atoms with E-state index in [1.54, 1.807) is 24.1 Å². The van der Waals surface area contributed by atoms with Crippen molar-refractivity contribution >= 4 is 22.9 Å². The van der Waals surface area contributed by atoms with Gasteiger partial charge in [-0.15, -0.1) is 0 Å². The molecule has 2 heterocycles. The van der Waals surface area contributed by atoms with Crippen LogP contribution in [0.3, 0.4) is 0 Å². The number of benzene rings is 1. The maximum Gasteiger partial charge on any atom is 0.244 e. The van der Waals surface area contributed by atoms with Gasteiger partial charge in [0.15, 0.2) is 0 Å². The summed E-state index contributed by atoms with van der Waals surface area (Å²) in [6, 6.07) is 5.92. The van der Waals surface area contributed by atoms with Gasteiger partial charge in [0.1, 0.15) is 5.75 Å². The van der Waals surface area contributed by atoms with E-state index in [9.17, 15) is 4.79 Å². The molecule has 1 amide bonds. The minimum atomic E-state index is -0.115. The third-order valence-electron chi connectivity index (χ3n) is 3.82. The lowest BCUT2D eigenvalue weighted by Gasteiger charge is -2.03. The Morgan fingerprint density at radius 1 is 1.46 bits per heavy atom. The third kappa shape index (κ3) is 3.65. The molecule has 2 aromatic heterocycles. The molecule has 0 saturated carbocycles. The molecule has 0 aliphatic carbocycles. The second-order valence-corrected chi connectivity index (χ2v) is 5.55. The first-order chi connectivity index (χ1) is 11.7. The van der Waals surface area contributed by atoms with Gasteiger partial charge in [-0.25, -0.2) is 0 Å². The smallest absolute Gasteiger partial charge is 0.244 e. The molecule has 6 nitrogen and oxygen atoms in total. The highest BCUT2D eigenvalue weighted by Gasteiger charge is 2.05. The van der Waals surface area contributed by atoms with E-state index in [2.05, 4.69) is 15.4 Å². The predicted molar refractivity (Wildman–Crippen MR) is 93.8 cm³/mol. The number of methoxy groups -OCH3 is 1. The highest BCUT2D eigenvalue weighted by molar-refractivity contribution is 5.91. The molecule has 0 bridgehead atoms. The molecule has 0 atom stereocenters. The van der Waals surface area contributed by atoms with Gasteiger partial charge in [-0.1, -0.05) is 0 Å². The van der Waals surface area contributed by atoms with E-state index in [1.165, 1.54) is 6.08 Å².